The SMILES string of the molecule is CC1CCCN(C(C)(C)CNC(=O)c2cn(C3CCNCC3)nn2)C1.Cl.Cl. The van der Waals surface area contributed by atoms with Gasteiger partial charge < -0.3 is 10.6 Å². The van der Waals surface area contributed by atoms with E-state index in [1.807, 2.05) is 4.68 Å². The Bertz CT molecular complexity index is 588. The Balaban J connectivity index is 0.00000182. The highest BCUT2D eigenvalue weighted by atomic mass is 35.5. The largest absolute Gasteiger partial charge is 0.349 e. The first-order chi connectivity index (χ1) is 12.0. The van der Waals surface area contributed by atoms with E-state index in [-0.39, 0.29) is 36.3 Å². The molecule has 2 saturated heterocycles. The standard InChI is InChI=1S/C18H32N6O.2ClH/c1-14-5-4-10-23(11-14)18(2,3)13-20-17(25)16-12-24(22-21-16)15-6-8-19-9-7-15;;/h12,14-15,19H,4-11,13H2,1-3H3,(H,20,25);2*1H. The highest BCUT2D eigenvalue weighted by molar-refractivity contribution is 5.91. The molecule has 2 N–H and O–H groups in total. The molecule has 3 rings (SSSR count). The fourth-order valence-corrected chi connectivity index (χ4v) is 3.87. The van der Waals surface area contributed by atoms with E-state index in [1.165, 1.54) is 12.8 Å². The fraction of sp³-hybridized carbons (Fsp3) is 0.833. The molecular weight excluding hydrogens is 387 g/mol. The van der Waals surface area contributed by atoms with Gasteiger partial charge in [-0.25, -0.2) is 4.68 Å². The van der Waals surface area contributed by atoms with Crippen LogP contribution in [0.25, 0.3) is 0 Å². The number of carbonyl (C=O) groups excluding carboxylic acids is 1. The quantitative estimate of drug-likeness (QED) is 0.763. The van der Waals surface area contributed by atoms with Crippen molar-refractivity contribution in [2.75, 3.05) is 32.7 Å². The molecular formula is C18H34Cl2N6O. The van der Waals surface area contributed by atoms with Crippen LogP contribution in [0.15, 0.2) is 6.20 Å². The average Bonchev–Trinajstić information content (AvgIpc) is 3.11. The first kappa shape index (κ1) is 24.1. The van der Waals surface area contributed by atoms with Gasteiger partial charge in [-0.3, -0.25) is 9.69 Å². The summed E-state index contributed by atoms with van der Waals surface area (Å²) in [7, 11) is 0. The fourth-order valence-electron chi connectivity index (χ4n) is 3.87. The van der Waals surface area contributed by atoms with Crippen molar-refractivity contribution < 1.29 is 4.79 Å². The highest BCUT2D eigenvalue weighted by Crippen LogP contribution is 2.23. The number of piperidine rings is 2. The monoisotopic (exact) mass is 420 g/mol. The molecule has 1 amide bonds. The molecule has 2 aliphatic rings. The molecule has 0 bridgehead atoms. The van der Waals surface area contributed by atoms with Crippen molar-refractivity contribution in [3.8, 4) is 0 Å². The van der Waals surface area contributed by atoms with Gasteiger partial charge in [0.2, 0.25) is 0 Å². The van der Waals surface area contributed by atoms with E-state index < -0.39 is 0 Å². The number of hydrogen-bond acceptors (Lipinski definition) is 5. The summed E-state index contributed by atoms with van der Waals surface area (Å²) < 4.78 is 1.85. The Morgan fingerprint density at radius 3 is 2.67 bits per heavy atom. The van der Waals surface area contributed by atoms with Crippen LogP contribution >= 0.6 is 24.8 Å². The van der Waals surface area contributed by atoms with Crippen LogP contribution in [-0.2, 0) is 0 Å². The smallest absolute Gasteiger partial charge is 0.273 e. The van der Waals surface area contributed by atoms with Gasteiger partial charge in [-0.05, 0) is 65.1 Å². The molecule has 0 aliphatic carbocycles. The minimum absolute atomic E-state index is 0. The lowest BCUT2D eigenvalue weighted by atomic mass is 9.93. The molecule has 1 aromatic rings. The molecule has 1 atom stereocenters. The highest BCUT2D eigenvalue weighted by Gasteiger charge is 2.30. The van der Waals surface area contributed by atoms with Crippen molar-refractivity contribution >= 4 is 30.7 Å². The molecule has 156 valence electrons. The summed E-state index contributed by atoms with van der Waals surface area (Å²) in [5, 5.41) is 14.7. The second-order valence-corrected chi connectivity index (χ2v) is 8.25. The first-order valence-electron chi connectivity index (χ1n) is 9.61. The van der Waals surface area contributed by atoms with Crippen LogP contribution in [0.3, 0.4) is 0 Å². The van der Waals surface area contributed by atoms with Crippen molar-refractivity contribution in [3.63, 3.8) is 0 Å². The Labute approximate surface area is 174 Å². The molecule has 0 aromatic carbocycles. The van der Waals surface area contributed by atoms with Crippen LogP contribution < -0.4 is 10.6 Å². The third kappa shape index (κ3) is 6.31. The zero-order valence-electron chi connectivity index (χ0n) is 16.6. The van der Waals surface area contributed by atoms with Gasteiger partial charge in [0.05, 0.1) is 12.2 Å². The number of amides is 1. The van der Waals surface area contributed by atoms with E-state index in [4.69, 9.17) is 0 Å². The van der Waals surface area contributed by atoms with Gasteiger partial charge in [-0.1, -0.05) is 12.1 Å². The summed E-state index contributed by atoms with van der Waals surface area (Å²) in [5.74, 6) is 0.604. The van der Waals surface area contributed by atoms with Crippen molar-refractivity contribution in [2.45, 2.75) is 58.0 Å². The lowest BCUT2D eigenvalue weighted by Gasteiger charge is -2.43. The lowest BCUT2D eigenvalue weighted by Crippen LogP contribution is -2.54. The summed E-state index contributed by atoms with van der Waals surface area (Å²) in [6, 6.07) is 0.349. The van der Waals surface area contributed by atoms with Gasteiger partial charge in [0.25, 0.3) is 5.91 Å². The van der Waals surface area contributed by atoms with E-state index >= 15 is 0 Å². The number of hydrogen-bond donors (Lipinski definition) is 2. The maximum absolute atomic E-state index is 12.5. The molecule has 9 heteroatoms. The molecule has 1 aromatic heterocycles. The second-order valence-electron chi connectivity index (χ2n) is 8.25. The van der Waals surface area contributed by atoms with Crippen LogP contribution in [0.1, 0.15) is 63.0 Å². The van der Waals surface area contributed by atoms with Crippen LogP contribution in [-0.4, -0.2) is 64.1 Å². The molecule has 0 radical (unpaired) electrons. The predicted octanol–water partition coefficient (Wildman–Crippen LogP) is 2.29. The van der Waals surface area contributed by atoms with Crippen molar-refractivity contribution in [3.05, 3.63) is 11.9 Å². The van der Waals surface area contributed by atoms with E-state index in [1.54, 1.807) is 6.20 Å². The number of likely N-dealkylation sites (tertiary alicyclic amines) is 1. The number of nitrogens with one attached hydrogen (secondary N) is 2. The van der Waals surface area contributed by atoms with Crippen LogP contribution in [0.4, 0.5) is 0 Å². The Kier molecular flexibility index (Phi) is 9.48. The van der Waals surface area contributed by atoms with E-state index in [2.05, 4.69) is 46.6 Å². The molecule has 27 heavy (non-hydrogen) atoms. The number of carbonyl (C=O) groups is 1. The molecule has 1 unspecified atom stereocenters. The summed E-state index contributed by atoms with van der Waals surface area (Å²) in [4.78, 5) is 15.0. The van der Waals surface area contributed by atoms with Crippen LogP contribution in [0, 0.1) is 5.92 Å². The third-order valence-electron chi connectivity index (χ3n) is 5.62. The summed E-state index contributed by atoms with van der Waals surface area (Å²) in [6.45, 7) is 11.5. The normalized spacial score (nSPS) is 21.8. The van der Waals surface area contributed by atoms with E-state index in [0.717, 1.165) is 44.9 Å². The van der Waals surface area contributed by atoms with Crippen LogP contribution in [0.5, 0.6) is 0 Å². The summed E-state index contributed by atoms with van der Waals surface area (Å²) in [6.07, 6.45) is 6.40. The number of halogens is 2. The number of nitrogens with zero attached hydrogens (tertiary/aromatic N) is 4. The van der Waals surface area contributed by atoms with Gasteiger partial charge in [0, 0.05) is 18.6 Å². The maximum atomic E-state index is 12.5. The molecule has 0 saturated carbocycles. The van der Waals surface area contributed by atoms with Crippen molar-refractivity contribution in [1.29, 1.82) is 0 Å². The van der Waals surface area contributed by atoms with E-state index in [9.17, 15) is 4.79 Å². The molecule has 2 fully saturated rings. The number of aromatic nitrogens is 3. The topological polar surface area (TPSA) is 75.1 Å². The van der Waals surface area contributed by atoms with Crippen LogP contribution in [0.2, 0.25) is 0 Å². The Morgan fingerprint density at radius 2 is 2.00 bits per heavy atom. The average molecular weight is 421 g/mol. The summed E-state index contributed by atoms with van der Waals surface area (Å²) >= 11 is 0. The van der Waals surface area contributed by atoms with Gasteiger partial charge in [0.15, 0.2) is 5.69 Å². The Hall–Kier alpha value is -0.890. The minimum atomic E-state index is -0.127. The molecule has 7 nitrogen and oxygen atoms in total. The zero-order valence-corrected chi connectivity index (χ0v) is 18.2. The lowest BCUT2D eigenvalue weighted by molar-refractivity contribution is 0.0656. The van der Waals surface area contributed by atoms with Crippen molar-refractivity contribution in [2.24, 2.45) is 5.92 Å². The zero-order chi connectivity index (χ0) is 17.9. The number of rotatable bonds is 5. The maximum Gasteiger partial charge on any atom is 0.273 e. The predicted molar refractivity (Wildman–Crippen MR) is 112 cm³/mol. The molecule has 2 aliphatic heterocycles. The van der Waals surface area contributed by atoms with Gasteiger partial charge >= 0.3 is 0 Å². The third-order valence-corrected chi connectivity index (χ3v) is 5.62. The van der Waals surface area contributed by atoms with Gasteiger partial charge in [-0.2, -0.15) is 0 Å². The molecule has 3 heterocycles. The molecule has 0 spiro atoms. The van der Waals surface area contributed by atoms with Gasteiger partial charge in [-0.15, -0.1) is 29.9 Å². The summed E-state index contributed by atoms with van der Waals surface area (Å²) in [5.41, 5.74) is 0.372. The minimum Gasteiger partial charge on any atom is -0.349 e. The van der Waals surface area contributed by atoms with Gasteiger partial charge in [0.1, 0.15) is 0 Å². The Morgan fingerprint density at radius 1 is 1.30 bits per heavy atom. The second kappa shape index (κ2) is 10.6. The van der Waals surface area contributed by atoms with E-state index in [0.29, 0.717) is 18.3 Å². The van der Waals surface area contributed by atoms with Crippen molar-refractivity contribution in [1.82, 2.24) is 30.5 Å². The first-order valence-corrected chi connectivity index (χ1v) is 9.61.